The second kappa shape index (κ2) is 6.54. The molecule has 5 heteroatoms. The molecule has 0 saturated carbocycles. The predicted octanol–water partition coefficient (Wildman–Crippen LogP) is 1.92. The van der Waals surface area contributed by atoms with Crippen LogP contribution in [0.5, 0.6) is 0 Å². The molecule has 1 atom stereocenters. The Morgan fingerprint density at radius 1 is 1.33 bits per heavy atom. The van der Waals surface area contributed by atoms with Crippen LogP contribution in [0.2, 0.25) is 0 Å². The highest BCUT2D eigenvalue weighted by Crippen LogP contribution is 2.16. The Kier molecular flexibility index (Phi) is 4.75. The van der Waals surface area contributed by atoms with Crippen LogP contribution in [0, 0.1) is 6.92 Å². The van der Waals surface area contributed by atoms with Gasteiger partial charge in [-0.1, -0.05) is 29.8 Å². The number of amides is 1. The largest absolute Gasteiger partial charge is 0.387 e. The summed E-state index contributed by atoms with van der Waals surface area (Å²) in [4.78, 5) is 14.1. The lowest BCUT2D eigenvalue weighted by Crippen LogP contribution is -2.35. The van der Waals surface area contributed by atoms with E-state index >= 15 is 0 Å². The molecule has 1 N–H and O–H groups in total. The molecule has 0 spiro atoms. The van der Waals surface area contributed by atoms with Crippen LogP contribution in [0.3, 0.4) is 0 Å². The van der Waals surface area contributed by atoms with Crippen molar-refractivity contribution in [1.29, 1.82) is 0 Å². The Labute approximate surface area is 124 Å². The van der Waals surface area contributed by atoms with Gasteiger partial charge in [0.05, 0.1) is 12.6 Å². The van der Waals surface area contributed by atoms with Crippen LogP contribution in [0.15, 0.2) is 36.5 Å². The van der Waals surface area contributed by atoms with Gasteiger partial charge >= 0.3 is 0 Å². The minimum absolute atomic E-state index is 0.122. The van der Waals surface area contributed by atoms with Crippen LogP contribution in [-0.4, -0.2) is 38.8 Å². The summed E-state index contributed by atoms with van der Waals surface area (Å²) in [7, 11) is 1.73. The van der Waals surface area contributed by atoms with E-state index in [4.69, 9.17) is 0 Å². The van der Waals surface area contributed by atoms with Crippen LogP contribution in [-0.2, 0) is 7.05 Å². The third-order valence-corrected chi connectivity index (χ3v) is 3.56. The molecule has 0 aliphatic rings. The maximum Gasteiger partial charge on any atom is 0.272 e. The van der Waals surface area contributed by atoms with E-state index in [0.29, 0.717) is 12.2 Å². The first-order chi connectivity index (χ1) is 10.0. The SMILES string of the molecule is CCN(CC(O)c1ccc(C)cc1)C(=O)c1ccnn1C. The van der Waals surface area contributed by atoms with E-state index in [1.165, 1.54) is 0 Å². The molecule has 1 unspecified atom stereocenters. The molecular formula is C16H21N3O2. The van der Waals surface area contributed by atoms with Gasteiger partial charge in [0.15, 0.2) is 0 Å². The molecule has 0 saturated heterocycles. The second-order valence-corrected chi connectivity index (χ2v) is 5.11. The van der Waals surface area contributed by atoms with Gasteiger partial charge in [-0.05, 0) is 25.5 Å². The van der Waals surface area contributed by atoms with Gasteiger partial charge in [-0.15, -0.1) is 0 Å². The monoisotopic (exact) mass is 287 g/mol. The first-order valence-corrected chi connectivity index (χ1v) is 7.04. The Morgan fingerprint density at radius 3 is 2.52 bits per heavy atom. The normalized spacial score (nSPS) is 12.2. The lowest BCUT2D eigenvalue weighted by atomic mass is 10.1. The number of carbonyl (C=O) groups excluding carboxylic acids is 1. The van der Waals surface area contributed by atoms with Crippen LogP contribution in [0.4, 0.5) is 0 Å². The van der Waals surface area contributed by atoms with Crippen LogP contribution >= 0.6 is 0 Å². The van der Waals surface area contributed by atoms with Crippen molar-refractivity contribution < 1.29 is 9.90 Å². The van der Waals surface area contributed by atoms with Crippen molar-refractivity contribution in [3.8, 4) is 0 Å². The number of aromatic nitrogens is 2. The molecule has 0 bridgehead atoms. The Hall–Kier alpha value is -2.14. The van der Waals surface area contributed by atoms with Crippen molar-refractivity contribution in [2.24, 2.45) is 7.05 Å². The van der Waals surface area contributed by atoms with Crippen LogP contribution < -0.4 is 0 Å². The van der Waals surface area contributed by atoms with Crippen molar-refractivity contribution in [3.05, 3.63) is 53.3 Å². The highest BCUT2D eigenvalue weighted by atomic mass is 16.3. The number of hydrogen-bond acceptors (Lipinski definition) is 3. The maximum atomic E-state index is 12.4. The van der Waals surface area contributed by atoms with Crippen molar-refractivity contribution >= 4 is 5.91 Å². The fourth-order valence-electron chi connectivity index (χ4n) is 2.20. The van der Waals surface area contributed by atoms with E-state index < -0.39 is 6.10 Å². The number of rotatable bonds is 5. The van der Waals surface area contributed by atoms with E-state index in [9.17, 15) is 9.90 Å². The number of aliphatic hydroxyl groups is 1. The third kappa shape index (κ3) is 3.49. The summed E-state index contributed by atoms with van der Waals surface area (Å²) >= 11 is 0. The molecule has 1 heterocycles. The first-order valence-electron chi connectivity index (χ1n) is 7.04. The van der Waals surface area contributed by atoms with E-state index in [1.807, 2.05) is 38.1 Å². The van der Waals surface area contributed by atoms with Crippen molar-refractivity contribution in [2.75, 3.05) is 13.1 Å². The Morgan fingerprint density at radius 2 is 2.00 bits per heavy atom. The Bertz CT molecular complexity index is 604. The van der Waals surface area contributed by atoms with Crippen molar-refractivity contribution in [1.82, 2.24) is 14.7 Å². The number of aliphatic hydroxyl groups excluding tert-OH is 1. The number of likely N-dealkylation sites (N-methyl/N-ethyl adjacent to an activating group) is 1. The molecule has 2 aromatic rings. The van der Waals surface area contributed by atoms with E-state index in [-0.39, 0.29) is 12.5 Å². The van der Waals surface area contributed by atoms with Gasteiger partial charge in [-0.25, -0.2) is 0 Å². The van der Waals surface area contributed by atoms with E-state index in [0.717, 1.165) is 11.1 Å². The highest BCUT2D eigenvalue weighted by molar-refractivity contribution is 5.92. The summed E-state index contributed by atoms with van der Waals surface area (Å²) in [5.74, 6) is -0.122. The summed E-state index contributed by atoms with van der Waals surface area (Å²) in [6.07, 6.45) is 0.903. The van der Waals surface area contributed by atoms with Gasteiger partial charge in [0.25, 0.3) is 5.91 Å². The number of nitrogens with zero attached hydrogens (tertiary/aromatic N) is 3. The molecule has 0 fully saturated rings. The lowest BCUT2D eigenvalue weighted by Gasteiger charge is -2.24. The smallest absolute Gasteiger partial charge is 0.272 e. The number of hydrogen-bond donors (Lipinski definition) is 1. The van der Waals surface area contributed by atoms with Gasteiger partial charge in [-0.2, -0.15) is 5.10 Å². The number of benzene rings is 1. The average molecular weight is 287 g/mol. The predicted molar refractivity (Wildman–Crippen MR) is 80.9 cm³/mol. The molecule has 0 radical (unpaired) electrons. The quantitative estimate of drug-likeness (QED) is 0.914. The molecule has 1 amide bonds. The molecule has 2 rings (SSSR count). The van der Waals surface area contributed by atoms with Gasteiger partial charge in [0, 0.05) is 19.8 Å². The van der Waals surface area contributed by atoms with Crippen LogP contribution in [0.25, 0.3) is 0 Å². The molecule has 21 heavy (non-hydrogen) atoms. The van der Waals surface area contributed by atoms with E-state index in [2.05, 4.69) is 5.10 Å². The molecule has 0 aliphatic heterocycles. The number of aryl methyl sites for hydroxylation is 2. The zero-order valence-electron chi connectivity index (χ0n) is 12.7. The molecule has 5 nitrogen and oxygen atoms in total. The topological polar surface area (TPSA) is 58.4 Å². The number of carbonyl (C=O) groups is 1. The zero-order chi connectivity index (χ0) is 15.4. The van der Waals surface area contributed by atoms with Gasteiger partial charge < -0.3 is 10.0 Å². The summed E-state index contributed by atoms with van der Waals surface area (Å²) in [6, 6.07) is 9.38. The summed E-state index contributed by atoms with van der Waals surface area (Å²) < 4.78 is 1.54. The zero-order valence-corrected chi connectivity index (χ0v) is 12.7. The summed E-state index contributed by atoms with van der Waals surface area (Å²) in [6.45, 7) is 4.70. The minimum atomic E-state index is -0.692. The van der Waals surface area contributed by atoms with Crippen molar-refractivity contribution in [3.63, 3.8) is 0 Å². The minimum Gasteiger partial charge on any atom is -0.387 e. The average Bonchev–Trinajstić information content (AvgIpc) is 2.90. The first kappa shape index (κ1) is 15.3. The molecule has 1 aromatic heterocycles. The second-order valence-electron chi connectivity index (χ2n) is 5.11. The highest BCUT2D eigenvalue weighted by Gasteiger charge is 2.20. The van der Waals surface area contributed by atoms with E-state index in [1.54, 1.807) is 28.9 Å². The molecule has 112 valence electrons. The standard InChI is InChI=1S/C16H21N3O2/c1-4-19(16(21)14-9-10-17-18(14)3)11-15(20)13-7-5-12(2)6-8-13/h5-10,15,20H,4,11H2,1-3H3. The fraction of sp³-hybridized carbons (Fsp3) is 0.375. The van der Waals surface area contributed by atoms with Gasteiger partial charge in [0.1, 0.15) is 5.69 Å². The third-order valence-electron chi connectivity index (χ3n) is 3.56. The molecule has 0 aliphatic carbocycles. The summed E-state index contributed by atoms with van der Waals surface area (Å²) in [5, 5.41) is 14.3. The maximum absolute atomic E-state index is 12.4. The molecule has 1 aromatic carbocycles. The summed E-state index contributed by atoms with van der Waals surface area (Å²) in [5.41, 5.74) is 2.48. The fourth-order valence-corrected chi connectivity index (χ4v) is 2.20. The van der Waals surface area contributed by atoms with Gasteiger partial charge in [-0.3, -0.25) is 9.48 Å². The molecular weight excluding hydrogens is 266 g/mol. The Balaban J connectivity index is 2.10. The van der Waals surface area contributed by atoms with Gasteiger partial charge in [0.2, 0.25) is 0 Å². The lowest BCUT2D eigenvalue weighted by molar-refractivity contribution is 0.0624. The van der Waals surface area contributed by atoms with Crippen molar-refractivity contribution in [2.45, 2.75) is 20.0 Å². The van der Waals surface area contributed by atoms with Crippen LogP contribution in [0.1, 0.15) is 34.6 Å².